The monoisotopic (exact) mass is 440 g/mol. The van der Waals surface area contributed by atoms with E-state index < -0.39 is 0 Å². The van der Waals surface area contributed by atoms with Gasteiger partial charge in [0.15, 0.2) is 0 Å². The number of rotatable bonds is 6. The molecule has 2 aliphatic heterocycles. The van der Waals surface area contributed by atoms with Gasteiger partial charge in [0.25, 0.3) is 0 Å². The second-order valence-corrected chi connectivity index (χ2v) is 10.3. The van der Waals surface area contributed by atoms with Gasteiger partial charge in [-0.3, -0.25) is 19.4 Å². The molecule has 3 heterocycles. The lowest BCUT2D eigenvalue weighted by molar-refractivity contribution is -0.162. The Balaban J connectivity index is 1.31. The van der Waals surface area contributed by atoms with Gasteiger partial charge < -0.3 is 5.32 Å². The second-order valence-electron chi connectivity index (χ2n) is 9.50. The summed E-state index contributed by atoms with van der Waals surface area (Å²) in [6, 6.07) is 8.37. The number of hydrogen-bond donors (Lipinski definition) is 1. The minimum atomic E-state index is -0.120. The zero-order chi connectivity index (χ0) is 21.3. The van der Waals surface area contributed by atoms with E-state index in [9.17, 15) is 9.59 Å². The van der Waals surface area contributed by atoms with E-state index in [1.54, 1.807) is 16.4 Å². The molecule has 1 aromatic heterocycles. The van der Waals surface area contributed by atoms with Crippen LogP contribution in [0, 0.1) is 5.41 Å². The molecule has 0 radical (unpaired) electrons. The van der Waals surface area contributed by atoms with Crippen LogP contribution in [0.1, 0.15) is 57.1 Å². The van der Waals surface area contributed by atoms with Crippen molar-refractivity contribution in [2.75, 3.05) is 26.2 Å². The first-order valence-corrected chi connectivity index (χ1v) is 12.6. The molecule has 2 amide bonds. The van der Waals surface area contributed by atoms with E-state index in [1.165, 1.54) is 10.1 Å². The summed E-state index contributed by atoms with van der Waals surface area (Å²) in [6.07, 6.45) is 7.99. The summed E-state index contributed by atoms with van der Waals surface area (Å²) in [5.41, 5.74) is 1.10. The quantitative estimate of drug-likeness (QED) is 0.696. The minimum Gasteiger partial charge on any atom is -0.314 e. The third-order valence-corrected chi connectivity index (χ3v) is 8.32. The number of carbonyl (C=O) groups excluding carboxylic acids is 2. The average Bonchev–Trinajstić information content (AvgIpc) is 3.40. The molecule has 1 N–H and O–H groups in total. The maximum Gasteiger partial charge on any atom is 0.231 e. The van der Waals surface area contributed by atoms with Crippen LogP contribution in [0.4, 0.5) is 0 Å². The first-order valence-electron chi connectivity index (χ1n) is 11.8. The van der Waals surface area contributed by atoms with Gasteiger partial charge in [-0.25, -0.2) is 0 Å². The molecule has 1 saturated carbocycles. The van der Waals surface area contributed by atoms with Crippen molar-refractivity contribution in [3.8, 4) is 0 Å². The summed E-state index contributed by atoms with van der Waals surface area (Å²) in [5, 5.41) is 4.63. The zero-order valence-corrected chi connectivity index (χ0v) is 19.0. The van der Waals surface area contributed by atoms with Crippen LogP contribution < -0.4 is 5.32 Å². The van der Waals surface area contributed by atoms with Gasteiger partial charge in [0.1, 0.15) is 0 Å². The largest absolute Gasteiger partial charge is 0.314 e. The fourth-order valence-electron chi connectivity index (χ4n) is 5.85. The molecule has 2 aromatic rings. The SMILES string of the molecule is O=C1CC2(CCCC2)CC(=O)N1C(CCCc1nsc2ccccc12)N1CCNCC1. The fourth-order valence-corrected chi connectivity index (χ4v) is 6.67. The molecule has 31 heavy (non-hydrogen) atoms. The number of likely N-dealkylation sites (tertiary alicyclic amines) is 1. The van der Waals surface area contributed by atoms with Crippen LogP contribution in [0.15, 0.2) is 24.3 Å². The van der Waals surface area contributed by atoms with Crippen LogP contribution in [-0.2, 0) is 16.0 Å². The van der Waals surface area contributed by atoms with E-state index >= 15 is 0 Å². The zero-order valence-electron chi connectivity index (χ0n) is 18.1. The lowest BCUT2D eigenvalue weighted by Crippen LogP contribution is -2.60. The maximum absolute atomic E-state index is 13.3. The Morgan fingerprint density at radius 3 is 2.52 bits per heavy atom. The molecule has 7 heteroatoms. The molecule has 0 bridgehead atoms. The van der Waals surface area contributed by atoms with Crippen LogP contribution in [0.5, 0.6) is 0 Å². The number of hydrogen-bond acceptors (Lipinski definition) is 6. The molecule has 1 atom stereocenters. The van der Waals surface area contributed by atoms with Crippen molar-refractivity contribution in [2.45, 2.75) is 64.0 Å². The minimum absolute atomic E-state index is 0.0435. The average molecular weight is 441 g/mol. The standard InChI is InChI=1S/C24H32N4O2S/c29-22-16-24(10-3-4-11-24)17-23(30)28(22)21(27-14-12-25-13-15-27)9-5-7-19-18-6-1-2-8-20(18)31-26-19/h1-2,6,8,21,25H,3-5,7,9-17H2. The lowest BCUT2D eigenvalue weighted by Gasteiger charge is -2.45. The molecule has 2 saturated heterocycles. The van der Waals surface area contributed by atoms with Crippen molar-refractivity contribution >= 4 is 33.4 Å². The van der Waals surface area contributed by atoms with Crippen molar-refractivity contribution in [1.82, 2.24) is 19.5 Å². The Bertz CT molecular complexity index is 926. The Morgan fingerprint density at radius 1 is 1.06 bits per heavy atom. The van der Waals surface area contributed by atoms with Crippen LogP contribution >= 0.6 is 11.5 Å². The van der Waals surface area contributed by atoms with Crippen molar-refractivity contribution in [3.63, 3.8) is 0 Å². The van der Waals surface area contributed by atoms with Crippen molar-refractivity contribution < 1.29 is 9.59 Å². The Kier molecular flexibility index (Phi) is 6.08. The molecular weight excluding hydrogens is 408 g/mol. The van der Waals surface area contributed by atoms with E-state index in [-0.39, 0.29) is 23.4 Å². The second kappa shape index (κ2) is 8.96. The number of benzene rings is 1. The molecule has 3 aliphatic rings. The third-order valence-electron chi connectivity index (χ3n) is 7.45. The lowest BCUT2D eigenvalue weighted by atomic mass is 9.76. The van der Waals surface area contributed by atoms with Crippen molar-refractivity contribution in [3.05, 3.63) is 30.0 Å². The van der Waals surface area contributed by atoms with Gasteiger partial charge in [-0.15, -0.1) is 0 Å². The molecule has 3 fully saturated rings. The number of fused-ring (bicyclic) bond motifs is 1. The summed E-state index contributed by atoms with van der Waals surface area (Å²) in [4.78, 5) is 30.5. The van der Waals surface area contributed by atoms with E-state index in [2.05, 4.69) is 38.9 Å². The number of imide groups is 1. The van der Waals surface area contributed by atoms with E-state index in [0.717, 1.165) is 76.8 Å². The highest BCUT2D eigenvalue weighted by Crippen LogP contribution is 2.47. The van der Waals surface area contributed by atoms with Crippen LogP contribution in [0.3, 0.4) is 0 Å². The summed E-state index contributed by atoms with van der Waals surface area (Å²) >= 11 is 1.55. The highest BCUT2D eigenvalue weighted by molar-refractivity contribution is 7.13. The third kappa shape index (κ3) is 4.28. The highest BCUT2D eigenvalue weighted by Gasteiger charge is 2.47. The van der Waals surface area contributed by atoms with E-state index in [4.69, 9.17) is 0 Å². The van der Waals surface area contributed by atoms with Crippen LogP contribution in [-0.4, -0.2) is 58.3 Å². The van der Waals surface area contributed by atoms with E-state index in [0.29, 0.717) is 12.8 Å². The summed E-state index contributed by atoms with van der Waals surface area (Å²) in [6.45, 7) is 3.58. The molecule has 1 aliphatic carbocycles. The Morgan fingerprint density at radius 2 is 1.77 bits per heavy atom. The molecule has 166 valence electrons. The van der Waals surface area contributed by atoms with Gasteiger partial charge in [0.05, 0.1) is 16.6 Å². The van der Waals surface area contributed by atoms with Gasteiger partial charge in [-0.05, 0) is 55.1 Å². The summed E-state index contributed by atoms with van der Waals surface area (Å²) in [7, 11) is 0. The molecule has 1 unspecified atom stereocenters. The molecule has 1 aromatic carbocycles. The fraction of sp³-hybridized carbons (Fsp3) is 0.625. The van der Waals surface area contributed by atoms with Gasteiger partial charge >= 0.3 is 0 Å². The number of carbonyl (C=O) groups is 2. The summed E-state index contributed by atoms with van der Waals surface area (Å²) in [5.74, 6) is 0.113. The number of piperidine rings is 1. The number of aryl methyl sites for hydroxylation is 1. The van der Waals surface area contributed by atoms with Gasteiger partial charge in [0, 0.05) is 44.4 Å². The topological polar surface area (TPSA) is 65.5 Å². The number of amides is 2. The number of aromatic nitrogens is 1. The Hall–Kier alpha value is -1.83. The van der Waals surface area contributed by atoms with Gasteiger partial charge in [-0.1, -0.05) is 31.0 Å². The number of nitrogens with one attached hydrogen (secondary N) is 1. The molecular formula is C24H32N4O2S. The molecule has 6 nitrogen and oxygen atoms in total. The predicted octanol–water partition coefficient (Wildman–Crippen LogP) is 3.56. The number of nitrogens with zero attached hydrogens (tertiary/aromatic N) is 3. The molecule has 1 spiro atoms. The normalized spacial score (nSPS) is 23.2. The first-order chi connectivity index (χ1) is 15.2. The van der Waals surface area contributed by atoms with Gasteiger partial charge in [-0.2, -0.15) is 4.37 Å². The first kappa shape index (κ1) is 21.0. The number of piperazine rings is 1. The van der Waals surface area contributed by atoms with Crippen LogP contribution in [0.2, 0.25) is 0 Å². The van der Waals surface area contributed by atoms with Gasteiger partial charge in [0.2, 0.25) is 11.8 Å². The smallest absolute Gasteiger partial charge is 0.231 e. The highest BCUT2D eigenvalue weighted by atomic mass is 32.1. The summed E-state index contributed by atoms with van der Waals surface area (Å²) < 4.78 is 5.89. The maximum atomic E-state index is 13.3. The predicted molar refractivity (Wildman–Crippen MR) is 123 cm³/mol. The van der Waals surface area contributed by atoms with E-state index in [1.807, 2.05) is 0 Å². The Labute approximate surface area is 188 Å². The van der Waals surface area contributed by atoms with Crippen LogP contribution in [0.25, 0.3) is 10.1 Å². The molecule has 5 rings (SSSR count). The van der Waals surface area contributed by atoms with Crippen molar-refractivity contribution in [2.24, 2.45) is 5.41 Å². The van der Waals surface area contributed by atoms with Crippen molar-refractivity contribution in [1.29, 1.82) is 0 Å².